The second kappa shape index (κ2) is 6.44. The number of nitriles is 1. The van der Waals surface area contributed by atoms with Gasteiger partial charge in [-0.1, -0.05) is 23.2 Å². The zero-order valence-corrected chi connectivity index (χ0v) is 12.1. The lowest BCUT2D eigenvalue weighted by molar-refractivity contribution is -0.384. The molecule has 0 saturated carbocycles. The molecule has 2 aromatic carbocycles. The molecule has 0 aromatic heterocycles. The van der Waals surface area contributed by atoms with E-state index in [2.05, 4.69) is 5.32 Å². The number of nitro benzene ring substituents is 1. The lowest BCUT2D eigenvalue weighted by Gasteiger charge is -2.10. The predicted octanol–water partition coefficient (Wildman–Crippen LogP) is 4.39. The minimum Gasteiger partial charge on any atom is -0.380 e. The van der Waals surface area contributed by atoms with Crippen molar-refractivity contribution in [2.75, 3.05) is 5.32 Å². The molecular weight excluding hydrogens is 313 g/mol. The van der Waals surface area contributed by atoms with Gasteiger partial charge in [0.1, 0.15) is 6.07 Å². The summed E-state index contributed by atoms with van der Waals surface area (Å²) in [6.45, 7) is 0.353. The first-order valence-corrected chi connectivity index (χ1v) is 6.63. The molecule has 1 N–H and O–H groups in total. The van der Waals surface area contributed by atoms with E-state index in [0.717, 1.165) is 5.56 Å². The summed E-state index contributed by atoms with van der Waals surface area (Å²) >= 11 is 11.9. The molecule has 2 rings (SSSR count). The number of non-ortho nitro benzene ring substituents is 1. The number of nitrogens with one attached hydrogen (secondary N) is 1. The van der Waals surface area contributed by atoms with Crippen LogP contribution < -0.4 is 5.32 Å². The second-order valence-electron chi connectivity index (χ2n) is 4.19. The van der Waals surface area contributed by atoms with Crippen LogP contribution in [0.5, 0.6) is 0 Å². The SMILES string of the molecule is N#Cc1cc([N+](=O)[O-])ccc1NCc1cc(Cl)ccc1Cl. The Morgan fingerprint density at radius 2 is 2.00 bits per heavy atom. The van der Waals surface area contributed by atoms with E-state index in [1.54, 1.807) is 18.2 Å². The van der Waals surface area contributed by atoms with Crippen LogP contribution in [-0.2, 0) is 6.54 Å². The molecule has 0 radical (unpaired) electrons. The van der Waals surface area contributed by atoms with Gasteiger partial charge in [0.2, 0.25) is 0 Å². The monoisotopic (exact) mass is 321 g/mol. The fourth-order valence-electron chi connectivity index (χ4n) is 1.76. The molecule has 0 heterocycles. The molecule has 0 unspecified atom stereocenters. The van der Waals surface area contributed by atoms with Gasteiger partial charge in [-0.15, -0.1) is 0 Å². The Morgan fingerprint density at radius 1 is 1.24 bits per heavy atom. The second-order valence-corrected chi connectivity index (χ2v) is 5.03. The maximum Gasteiger partial charge on any atom is 0.270 e. The summed E-state index contributed by atoms with van der Waals surface area (Å²) in [6, 6.07) is 11.1. The van der Waals surface area contributed by atoms with Crippen molar-refractivity contribution in [3.05, 3.63) is 67.7 Å². The summed E-state index contributed by atoms with van der Waals surface area (Å²) in [5.41, 5.74) is 1.34. The minimum absolute atomic E-state index is 0.127. The number of halogens is 2. The van der Waals surface area contributed by atoms with Gasteiger partial charge in [-0.3, -0.25) is 10.1 Å². The molecule has 0 fully saturated rings. The third kappa shape index (κ3) is 3.63. The molecule has 0 amide bonds. The topological polar surface area (TPSA) is 79.0 Å². The average molecular weight is 322 g/mol. The van der Waals surface area contributed by atoms with Crippen molar-refractivity contribution in [2.45, 2.75) is 6.54 Å². The van der Waals surface area contributed by atoms with Crippen molar-refractivity contribution in [2.24, 2.45) is 0 Å². The molecule has 0 atom stereocenters. The lowest BCUT2D eigenvalue weighted by Crippen LogP contribution is -2.02. The van der Waals surface area contributed by atoms with E-state index in [4.69, 9.17) is 28.5 Å². The highest BCUT2D eigenvalue weighted by Crippen LogP contribution is 2.24. The van der Waals surface area contributed by atoms with Crippen LogP contribution in [0.4, 0.5) is 11.4 Å². The van der Waals surface area contributed by atoms with Gasteiger partial charge in [0.15, 0.2) is 0 Å². The molecule has 5 nitrogen and oxygen atoms in total. The van der Waals surface area contributed by atoms with Gasteiger partial charge in [-0.05, 0) is 29.8 Å². The average Bonchev–Trinajstić information content (AvgIpc) is 2.47. The fraction of sp³-hybridized carbons (Fsp3) is 0.0714. The number of anilines is 1. The van der Waals surface area contributed by atoms with Crippen molar-refractivity contribution in [3.63, 3.8) is 0 Å². The van der Waals surface area contributed by atoms with Crippen LogP contribution in [0.2, 0.25) is 10.0 Å². The van der Waals surface area contributed by atoms with E-state index in [0.29, 0.717) is 22.3 Å². The zero-order valence-electron chi connectivity index (χ0n) is 10.6. The number of hydrogen-bond acceptors (Lipinski definition) is 4. The van der Waals surface area contributed by atoms with Crippen LogP contribution in [0.3, 0.4) is 0 Å². The highest BCUT2D eigenvalue weighted by Gasteiger charge is 2.11. The van der Waals surface area contributed by atoms with Gasteiger partial charge < -0.3 is 5.32 Å². The van der Waals surface area contributed by atoms with Crippen molar-refractivity contribution >= 4 is 34.6 Å². The fourth-order valence-corrected chi connectivity index (χ4v) is 2.14. The Hall–Kier alpha value is -2.29. The highest BCUT2D eigenvalue weighted by molar-refractivity contribution is 6.33. The van der Waals surface area contributed by atoms with Gasteiger partial charge >= 0.3 is 0 Å². The number of rotatable bonds is 4. The smallest absolute Gasteiger partial charge is 0.270 e. The number of benzene rings is 2. The molecule has 0 aliphatic rings. The summed E-state index contributed by atoms with van der Waals surface area (Å²) < 4.78 is 0. The Kier molecular flexibility index (Phi) is 4.63. The molecule has 0 spiro atoms. The van der Waals surface area contributed by atoms with E-state index in [-0.39, 0.29) is 11.3 Å². The molecular formula is C14H9Cl2N3O2. The van der Waals surface area contributed by atoms with Gasteiger partial charge in [0, 0.05) is 28.7 Å². The quantitative estimate of drug-likeness (QED) is 0.669. The summed E-state index contributed by atoms with van der Waals surface area (Å²) in [5.74, 6) is 0. The maximum absolute atomic E-state index is 10.7. The summed E-state index contributed by atoms with van der Waals surface area (Å²) in [7, 11) is 0. The standard InChI is InChI=1S/C14H9Cl2N3O2/c15-11-1-3-13(16)10(5-11)8-18-14-4-2-12(19(20)21)6-9(14)7-17/h1-6,18H,8H2. The van der Waals surface area contributed by atoms with Crippen molar-refractivity contribution in [1.82, 2.24) is 0 Å². The van der Waals surface area contributed by atoms with Crippen LogP contribution in [-0.4, -0.2) is 4.92 Å². The van der Waals surface area contributed by atoms with Crippen LogP contribution in [0.25, 0.3) is 0 Å². The molecule has 21 heavy (non-hydrogen) atoms. The third-order valence-corrected chi connectivity index (χ3v) is 3.42. The maximum atomic E-state index is 10.7. The Morgan fingerprint density at radius 3 is 2.67 bits per heavy atom. The van der Waals surface area contributed by atoms with E-state index in [9.17, 15) is 10.1 Å². The van der Waals surface area contributed by atoms with Gasteiger partial charge in [0.05, 0.1) is 16.2 Å². The van der Waals surface area contributed by atoms with Gasteiger partial charge in [0.25, 0.3) is 5.69 Å². The van der Waals surface area contributed by atoms with Crippen LogP contribution in [0.1, 0.15) is 11.1 Å². The number of nitro groups is 1. The molecule has 0 aliphatic carbocycles. The first-order valence-electron chi connectivity index (χ1n) is 5.87. The van der Waals surface area contributed by atoms with E-state index in [1.165, 1.54) is 18.2 Å². The van der Waals surface area contributed by atoms with Crippen molar-refractivity contribution < 1.29 is 4.92 Å². The zero-order chi connectivity index (χ0) is 15.4. The van der Waals surface area contributed by atoms with Gasteiger partial charge in [-0.2, -0.15) is 5.26 Å². The Bertz CT molecular complexity index is 741. The molecule has 0 aliphatic heterocycles. The first kappa shape index (κ1) is 15.1. The molecule has 106 valence electrons. The Balaban J connectivity index is 2.22. The lowest BCUT2D eigenvalue weighted by atomic mass is 10.1. The predicted molar refractivity (Wildman–Crippen MR) is 81.6 cm³/mol. The third-order valence-electron chi connectivity index (χ3n) is 2.81. The number of hydrogen-bond donors (Lipinski definition) is 1. The van der Waals surface area contributed by atoms with Crippen molar-refractivity contribution in [3.8, 4) is 6.07 Å². The normalized spacial score (nSPS) is 9.95. The van der Waals surface area contributed by atoms with E-state index in [1.807, 2.05) is 6.07 Å². The minimum atomic E-state index is -0.543. The largest absolute Gasteiger partial charge is 0.380 e. The van der Waals surface area contributed by atoms with Crippen molar-refractivity contribution in [1.29, 1.82) is 5.26 Å². The molecule has 7 heteroatoms. The molecule has 0 bridgehead atoms. The van der Waals surface area contributed by atoms with Crippen LogP contribution in [0.15, 0.2) is 36.4 Å². The summed E-state index contributed by atoms with van der Waals surface area (Å²) in [5, 5.41) is 23.9. The molecule has 2 aromatic rings. The summed E-state index contributed by atoms with van der Waals surface area (Å²) in [4.78, 5) is 10.1. The van der Waals surface area contributed by atoms with E-state index < -0.39 is 4.92 Å². The first-order chi connectivity index (χ1) is 10.0. The van der Waals surface area contributed by atoms with E-state index >= 15 is 0 Å². The Labute approximate surface area is 130 Å². The summed E-state index contributed by atoms with van der Waals surface area (Å²) in [6.07, 6.45) is 0. The number of nitrogens with zero attached hydrogens (tertiary/aromatic N) is 2. The van der Waals surface area contributed by atoms with Crippen LogP contribution >= 0.6 is 23.2 Å². The highest BCUT2D eigenvalue weighted by atomic mass is 35.5. The van der Waals surface area contributed by atoms with Gasteiger partial charge in [-0.25, -0.2) is 0 Å². The molecule has 0 saturated heterocycles. The van der Waals surface area contributed by atoms with Crippen LogP contribution in [0, 0.1) is 21.4 Å².